The maximum Gasteiger partial charge on any atom is 0.203 e. The van der Waals surface area contributed by atoms with Crippen molar-refractivity contribution in [3.05, 3.63) is 63.7 Å². The molecule has 59 heavy (non-hydrogen) atoms. The van der Waals surface area contributed by atoms with Crippen molar-refractivity contribution in [1.29, 1.82) is 0 Å². The van der Waals surface area contributed by atoms with Gasteiger partial charge in [0.2, 0.25) is 5.78 Å². The highest BCUT2D eigenvalue weighted by molar-refractivity contribution is 7.17. The third-order valence-corrected chi connectivity index (χ3v) is 13.3. The molecule has 2 aliphatic rings. The van der Waals surface area contributed by atoms with E-state index in [2.05, 4.69) is 30.7 Å². The second-order valence-electron chi connectivity index (χ2n) is 17.4. The summed E-state index contributed by atoms with van der Waals surface area (Å²) < 4.78 is 0. The van der Waals surface area contributed by atoms with Gasteiger partial charge in [-0.05, 0) is 44.4 Å². The van der Waals surface area contributed by atoms with E-state index >= 15 is 0 Å². The van der Waals surface area contributed by atoms with Gasteiger partial charge < -0.3 is 15.1 Å². The smallest absolute Gasteiger partial charge is 0.203 e. The number of rotatable bonds is 36. The lowest BCUT2D eigenvalue weighted by atomic mass is 9.88. The van der Waals surface area contributed by atoms with Gasteiger partial charge in [-0.1, -0.05) is 212 Å². The largest absolute Gasteiger partial charge is 0.507 e. The van der Waals surface area contributed by atoms with E-state index in [-0.39, 0.29) is 22.9 Å². The van der Waals surface area contributed by atoms with E-state index in [9.17, 15) is 15.0 Å². The number of aliphatic hydroxyl groups is 2. The van der Waals surface area contributed by atoms with E-state index in [4.69, 9.17) is 4.98 Å². The summed E-state index contributed by atoms with van der Waals surface area (Å²) in [4.78, 5) is 25.4. The number of nitrogens with zero attached hydrogens (tertiary/aromatic N) is 3. The molecule has 7 heteroatoms. The van der Waals surface area contributed by atoms with Crippen molar-refractivity contribution < 1.29 is 15.0 Å². The highest BCUT2D eigenvalue weighted by Gasteiger charge is 2.37. The molecule has 1 heterocycles. The Morgan fingerprint density at radius 2 is 1.05 bits per heavy atom. The van der Waals surface area contributed by atoms with Crippen LogP contribution in [0.1, 0.15) is 224 Å². The van der Waals surface area contributed by atoms with Crippen molar-refractivity contribution in [2.24, 2.45) is 4.99 Å². The molecule has 0 radical (unpaired) electrons. The van der Waals surface area contributed by atoms with Crippen LogP contribution in [0, 0.1) is 6.92 Å². The van der Waals surface area contributed by atoms with E-state index < -0.39 is 0 Å². The van der Waals surface area contributed by atoms with Crippen LogP contribution in [-0.4, -0.2) is 46.3 Å². The number of anilines is 1. The molecular formula is C52H85N3O3S. The Labute approximate surface area is 365 Å². The zero-order valence-electron chi connectivity index (χ0n) is 38.3. The number of hydrogen-bond acceptors (Lipinski definition) is 7. The fraction of sp³-hybridized carbons (Fsp3) is 0.712. The quantitative estimate of drug-likeness (QED) is 0.0520. The van der Waals surface area contributed by atoms with E-state index in [1.54, 1.807) is 29.6 Å². The average Bonchev–Trinajstić information content (AvgIpc) is 3.60. The number of ketones is 1. The normalized spacial score (nSPS) is 16.2. The molecule has 332 valence electrons. The molecule has 2 N–H and O–H groups in total. The zero-order valence-corrected chi connectivity index (χ0v) is 39.1. The lowest BCUT2D eigenvalue weighted by Gasteiger charge is -2.24. The van der Waals surface area contributed by atoms with E-state index in [1.807, 2.05) is 19.1 Å². The van der Waals surface area contributed by atoms with Crippen LogP contribution in [-0.2, 0) is 4.79 Å². The molecular weight excluding hydrogens is 747 g/mol. The van der Waals surface area contributed by atoms with E-state index in [0.717, 1.165) is 55.3 Å². The first-order valence-electron chi connectivity index (χ1n) is 24.7. The van der Waals surface area contributed by atoms with Crippen molar-refractivity contribution in [2.45, 2.75) is 220 Å². The number of hydrogen-bond donors (Lipinski definition) is 2. The van der Waals surface area contributed by atoms with Crippen LogP contribution in [0.15, 0.2) is 58.0 Å². The number of aryl methyl sites for hydroxylation is 1. The fourth-order valence-electron chi connectivity index (χ4n) is 8.21. The Balaban J connectivity index is 1.53. The molecule has 0 aromatic carbocycles. The lowest BCUT2D eigenvalue weighted by Crippen LogP contribution is -2.25. The first-order chi connectivity index (χ1) is 28.9. The van der Waals surface area contributed by atoms with Crippen molar-refractivity contribution in [3.8, 4) is 0 Å². The summed E-state index contributed by atoms with van der Waals surface area (Å²) in [7, 11) is 0. The van der Waals surface area contributed by atoms with Gasteiger partial charge in [0.15, 0.2) is 0 Å². The second kappa shape index (κ2) is 31.9. The number of allylic oxidation sites excluding steroid dienone is 7. The van der Waals surface area contributed by atoms with Crippen LogP contribution in [0.3, 0.4) is 0 Å². The summed E-state index contributed by atoms with van der Waals surface area (Å²) in [5.74, 6) is -0.0885. The molecule has 3 rings (SSSR count). The highest BCUT2D eigenvalue weighted by atomic mass is 32.1. The third kappa shape index (κ3) is 20.0. The number of aromatic nitrogens is 1. The van der Waals surface area contributed by atoms with Gasteiger partial charge >= 0.3 is 0 Å². The fourth-order valence-corrected chi connectivity index (χ4v) is 9.37. The first-order valence-corrected chi connectivity index (χ1v) is 25.5. The van der Waals surface area contributed by atoms with Gasteiger partial charge in [-0.2, -0.15) is 0 Å². The molecule has 0 unspecified atom stereocenters. The summed E-state index contributed by atoms with van der Waals surface area (Å²) in [6.45, 7) is 11.6. The van der Waals surface area contributed by atoms with Crippen molar-refractivity contribution in [1.82, 2.24) is 4.98 Å². The SMILES string of the molecule is CCCCCCCCCCCC/N=C1C=C/C(=C/C=C2/C(=O)C(c3nc(C)c(N(CCCCCCCCCCCC)CCCCCCCCCCCC)s3)=C2O)C(O)=C/1. The van der Waals surface area contributed by atoms with Gasteiger partial charge in [0.25, 0.3) is 0 Å². The first kappa shape index (κ1) is 50.4. The highest BCUT2D eigenvalue weighted by Crippen LogP contribution is 2.41. The number of Topliss-reactive ketones (excluding diaryl/α,β-unsaturated/α-hetero) is 1. The number of carbonyl (C=O) groups excluding carboxylic acids is 1. The monoisotopic (exact) mass is 832 g/mol. The molecule has 1 aromatic heterocycles. The van der Waals surface area contributed by atoms with Crippen LogP contribution in [0.2, 0.25) is 0 Å². The number of unbranched alkanes of at least 4 members (excludes halogenated alkanes) is 27. The minimum Gasteiger partial charge on any atom is -0.507 e. The van der Waals surface area contributed by atoms with Gasteiger partial charge in [-0.15, -0.1) is 0 Å². The molecule has 1 aromatic rings. The number of aliphatic imine (C=N–C) groups is 1. The molecule has 0 aliphatic heterocycles. The predicted octanol–water partition coefficient (Wildman–Crippen LogP) is 16.2. The Kier molecular flexibility index (Phi) is 27.2. The molecule has 0 amide bonds. The van der Waals surface area contributed by atoms with Crippen molar-refractivity contribution in [3.63, 3.8) is 0 Å². The Hall–Kier alpha value is -2.93. The lowest BCUT2D eigenvalue weighted by molar-refractivity contribution is -0.111. The van der Waals surface area contributed by atoms with Gasteiger partial charge in [0, 0.05) is 31.3 Å². The van der Waals surface area contributed by atoms with Crippen LogP contribution in [0.5, 0.6) is 0 Å². The number of thiazole rings is 1. The summed E-state index contributed by atoms with van der Waals surface area (Å²) in [6.07, 6.45) is 48.0. The molecule has 0 saturated heterocycles. The Morgan fingerprint density at radius 3 is 1.49 bits per heavy atom. The average molecular weight is 832 g/mol. The van der Waals surface area contributed by atoms with Crippen molar-refractivity contribution >= 4 is 33.4 Å². The Morgan fingerprint density at radius 1 is 0.610 bits per heavy atom. The molecule has 0 spiro atoms. The van der Waals surface area contributed by atoms with Gasteiger partial charge in [0.05, 0.1) is 17.0 Å². The minimum atomic E-state index is -0.197. The van der Waals surface area contributed by atoms with Crippen LogP contribution in [0.25, 0.3) is 5.57 Å². The van der Waals surface area contributed by atoms with Crippen LogP contribution in [0.4, 0.5) is 5.00 Å². The maximum absolute atomic E-state index is 13.4. The molecule has 2 aliphatic carbocycles. The zero-order chi connectivity index (χ0) is 42.3. The maximum atomic E-state index is 13.4. The van der Waals surface area contributed by atoms with Gasteiger partial charge in [-0.25, -0.2) is 4.98 Å². The molecule has 0 atom stereocenters. The van der Waals surface area contributed by atoms with Crippen molar-refractivity contribution in [2.75, 3.05) is 24.5 Å². The second-order valence-corrected chi connectivity index (χ2v) is 18.3. The van der Waals surface area contributed by atoms with Gasteiger partial charge in [-0.3, -0.25) is 9.79 Å². The molecule has 0 fully saturated rings. The van der Waals surface area contributed by atoms with E-state index in [1.165, 1.54) is 173 Å². The summed E-state index contributed by atoms with van der Waals surface area (Å²) in [5, 5.41) is 23.6. The summed E-state index contributed by atoms with van der Waals surface area (Å²) in [5.41, 5.74) is 2.86. The van der Waals surface area contributed by atoms with E-state index in [0.29, 0.717) is 16.2 Å². The number of aliphatic hydroxyl groups excluding tert-OH is 2. The van der Waals surface area contributed by atoms with Crippen LogP contribution >= 0.6 is 11.3 Å². The number of carbonyl (C=O) groups is 1. The van der Waals surface area contributed by atoms with Gasteiger partial charge in [0.1, 0.15) is 27.1 Å². The Bertz CT molecular complexity index is 1490. The van der Waals surface area contributed by atoms with Crippen LogP contribution < -0.4 is 4.90 Å². The molecule has 0 bridgehead atoms. The standard InChI is InChI=1S/C52H85N3O3S/c1-5-8-11-14-17-20-23-26-29-32-39-53-45-37-35-44(47(56)42-45)36-38-46-49(57)48(50(46)58)51-54-43(4)52(59-51)55(40-33-30-27-24-21-18-15-12-9-6-2)41-34-31-28-25-22-19-16-13-10-7-3/h35-38,42,56-57H,5-34,39-41H2,1-4H3/b44-36-,46-38+,53-45-. The molecule has 6 nitrogen and oxygen atoms in total. The third-order valence-electron chi connectivity index (χ3n) is 12.0. The summed E-state index contributed by atoms with van der Waals surface area (Å²) >= 11 is 1.55. The summed E-state index contributed by atoms with van der Waals surface area (Å²) in [6, 6.07) is 0. The predicted molar refractivity (Wildman–Crippen MR) is 257 cm³/mol. The minimum absolute atomic E-state index is 0.00917. The topological polar surface area (TPSA) is 86.0 Å². The molecule has 0 saturated carbocycles.